The maximum atomic E-state index is 6.00. The molecule has 0 aromatic carbocycles. The molecule has 0 saturated heterocycles. The standard InChI is InChI=1S/Fe.H3N.H2O2/c;;1-2/h;1H3;1-2H. The zero-order valence-corrected chi connectivity index (χ0v) is 3.06. The summed E-state index contributed by atoms with van der Waals surface area (Å²) < 4.78 is 0. The Morgan fingerprint density at radius 1 is 1.00 bits per heavy atom. The van der Waals surface area contributed by atoms with E-state index in [1.165, 1.54) is 0 Å². The Labute approximate surface area is 34.6 Å². The molecule has 0 fully saturated rings. The van der Waals surface area contributed by atoms with E-state index in [-0.39, 0.29) is 23.2 Å². The monoisotopic (exact) mass is 107 g/mol. The van der Waals surface area contributed by atoms with Crippen molar-refractivity contribution < 1.29 is 27.6 Å². The molecule has 0 amide bonds. The van der Waals surface area contributed by atoms with Crippen LogP contribution in [0.25, 0.3) is 0 Å². The van der Waals surface area contributed by atoms with Crippen molar-refractivity contribution in [1.82, 2.24) is 6.15 Å². The Hall–Kier alpha value is 0.399. The van der Waals surface area contributed by atoms with E-state index in [1.54, 1.807) is 0 Å². The maximum absolute atomic E-state index is 6.00. The van der Waals surface area contributed by atoms with Gasteiger partial charge in [-0.2, -0.15) is 0 Å². The van der Waals surface area contributed by atoms with E-state index in [4.69, 9.17) is 10.5 Å². The molecule has 0 heterocycles. The van der Waals surface area contributed by atoms with Crippen molar-refractivity contribution in [2.75, 3.05) is 0 Å². The van der Waals surface area contributed by atoms with Gasteiger partial charge < -0.3 is 6.15 Å². The smallest absolute Gasteiger partial charge is 0 e. The molecule has 0 bridgehead atoms. The Kier molecular flexibility index (Phi) is 796. The van der Waals surface area contributed by atoms with E-state index in [0.717, 1.165) is 0 Å². The topological polar surface area (TPSA) is 75.5 Å². The molecule has 0 aliphatic rings. The molecule has 30 valence electrons. The van der Waals surface area contributed by atoms with Gasteiger partial charge in [-0.1, -0.05) is 0 Å². The van der Waals surface area contributed by atoms with E-state index < -0.39 is 0 Å². The van der Waals surface area contributed by atoms with Gasteiger partial charge in [0.1, 0.15) is 0 Å². The second-order valence-electron chi connectivity index (χ2n) is 0. The van der Waals surface area contributed by atoms with E-state index >= 15 is 0 Å². The van der Waals surface area contributed by atoms with Crippen LogP contribution in [0.15, 0.2) is 0 Å². The quantitative estimate of drug-likeness (QED) is 0.234. The molecule has 0 aromatic heterocycles. The molecule has 5 N–H and O–H groups in total. The summed E-state index contributed by atoms with van der Waals surface area (Å²) in [4.78, 5) is 0. The molecule has 4 heteroatoms. The fourth-order valence-corrected chi connectivity index (χ4v) is 0. The maximum Gasteiger partial charge on any atom is 0 e. The molecule has 0 radical (unpaired) electrons. The van der Waals surface area contributed by atoms with Crippen LogP contribution >= 0.6 is 0 Å². The van der Waals surface area contributed by atoms with Gasteiger partial charge >= 0.3 is 0 Å². The van der Waals surface area contributed by atoms with Gasteiger partial charge in [0.25, 0.3) is 0 Å². The van der Waals surface area contributed by atoms with Crippen LogP contribution in [-0.4, -0.2) is 10.5 Å². The average molecular weight is 107 g/mol. The van der Waals surface area contributed by atoms with Crippen LogP contribution in [-0.2, 0) is 17.1 Å². The van der Waals surface area contributed by atoms with Crippen LogP contribution in [0, 0.1) is 0 Å². The van der Waals surface area contributed by atoms with Gasteiger partial charge in [0.2, 0.25) is 0 Å². The molecule has 3 nitrogen and oxygen atoms in total. The third-order valence-corrected chi connectivity index (χ3v) is 0. The van der Waals surface area contributed by atoms with Crippen LogP contribution < -0.4 is 6.15 Å². The first-order valence-electron chi connectivity index (χ1n) is 0.200. The van der Waals surface area contributed by atoms with Crippen molar-refractivity contribution in [1.29, 1.82) is 0 Å². The molecule has 0 aliphatic carbocycles. The summed E-state index contributed by atoms with van der Waals surface area (Å²) in [5, 5.41) is 12.0. The fourth-order valence-electron chi connectivity index (χ4n) is 0. The van der Waals surface area contributed by atoms with Crippen molar-refractivity contribution in [3.63, 3.8) is 0 Å². The summed E-state index contributed by atoms with van der Waals surface area (Å²) >= 11 is 0. The molecular formula is H5FeNO2. The zero-order valence-electron chi connectivity index (χ0n) is 1.96. The molecule has 0 aromatic rings. The van der Waals surface area contributed by atoms with Gasteiger partial charge in [-0.3, -0.25) is 10.5 Å². The van der Waals surface area contributed by atoms with Gasteiger partial charge in [0.05, 0.1) is 0 Å². The molecule has 0 atom stereocenters. The molecule has 0 spiro atoms. The van der Waals surface area contributed by atoms with Crippen LogP contribution in [0.3, 0.4) is 0 Å². The molecular weight excluding hydrogens is 102 g/mol. The first kappa shape index (κ1) is 26.0. The predicted molar refractivity (Wildman–Crippen MR) is 10.3 cm³/mol. The Balaban J connectivity index is -0.00000000500. The summed E-state index contributed by atoms with van der Waals surface area (Å²) in [7, 11) is 0. The predicted octanol–water partition coefficient (Wildman–Crippen LogP) is 0.177. The minimum atomic E-state index is 0. The average Bonchev–Trinajstić information content (AvgIpc) is 1.00. The summed E-state index contributed by atoms with van der Waals surface area (Å²) in [6, 6.07) is 0. The van der Waals surface area contributed by atoms with Crippen molar-refractivity contribution in [2.24, 2.45) is 0 Å². The summed E-state index contributed by atoms with van der Waals surface area (Å²) in [6.07, 6.45) is 0. The van der Waals surface area contributed by atoms with Gasteiger partial charge in [0, 0.05) is 17.1 Å². The second-order valence-corrected chi connectivity index (χ2v) is 0. The number of rotatable bonds is 0. The van der Waals surface area contributed by atoms with Crippen LogP contribution in [0.4, 0.5) is 0 Å². The third kappa shape index (κ3) is 29.4. The summed E-state index contributed by atoms with van der Waals surface area (Å²) in [5.41, 5.74) is 0. The van der Waals surface area contributed by atoms with Crippen LogP contribution in [0.5, 0.6) is 0 Å². The molecule has 0 saturated carbocycles. The first-order chi connectivity index (χ1) is 1.00. The molecule has 0 aliphatic heterocycles. The summed E-state index contributed by atoms with van der Waals surface area (Å²) in [5.74, 6) is 0. The first-order valence-corrected chi connectivity index (χ1v) is 0.200. The minimum Gasteiger partial charge on any atom is -0.344 e. The Morgan fingerprint density at radius 2 is 1.00 bits per heavy atom. The van der Waals surface area contributed by atoms with Crippen molar-refractivity contribution in [3.05, 3.63) is 0 Å². The van der Waals surface area contributed by atoms with E-state index in [9.17, 15) is 0 Å². The molecule has 0 unspecified atom stereocenters. The second kappa shape index (κ2) is 123. The van der Waals surface area contributed by atoms with Gasteiger partial charge in [-0.05, 0) is 0 Å². The molecule has 4 heavy (non-hydrogen) atoms. The third-order valence-electron chi connectivity index (χ3n) is 0. The van der Waals surface area contributed by atoms with Gasteiger partial charge in [-0.25, -0.2) is 0 Å². The van der Waals surface area contributed by atoms with E-state index in [2.05, 4.69) is 0 Å². The zero-order chi connectivity index (χ0) is 2.00. The normalized spacial score (nSPS) is 1.50. The van der Waals surface area contributed by atoms with Gasteiger partial charge in [-0.15, -0.1) is 0 Å². The summed E-state index contributed by atoms with van der Waals surface area (Å²) in [6.45, 7) is 0. The van der Waals surface area contributed by atoms with E-state index in [0.29, 0.717) is 0 Å². The molecule has 0 rings (SSSR count). The van der Waals surface area contributed by atoms with E-state index in [1.807, 2.05) is 0 Å². The van der Waals surface area contributed by atoms with Crippen molar-refractivity contribution in [3.8, 4) is 0 Å². The Morgan fingerprint density at radius 3 is 1.00 bits per heavy atom. The number of hydrogen-bond acceptors (Lipinski definition) is 3. The fraction of sp³-hybridized carbons (Fsp3) is 0. The van der Waals surface area contributed by atoms with Gasteiger partial charge in [0.15, 0.2) is 0 Å². The largest absolute Gasteiger partial charge is 0.344 e. The van der Waals surface area contributed by atoms with Crippen LogP contribution in [0.2, 0.25) is 0 Å². The van der Waals surface area contributed by atoms with Crippen molar-refractivity contribution >= 4 is 0 Å². The minimum absolute atomic E-state index is 0. The Bertz CT molecular complexity index is 6.00. The number of hydrogen-bond donors (Lipinski definition) is 3. The van der Waals surface area contributed by atoms with Crippen molar-refractivity contribution in [2.45, 2.75) is 0 Å². The SMILES string of the molecule is N.OO.[Fe]. The van der Waals surface area contributed by atoms with Crippen LogP contribution in [0.1, 0.15) is 0 Å².